The highest BCUT2D eigenvalue weighted by atomic mass is 35.5. The number of rotatable bonds is 4. The van der Waals surface area contributed by atoms with Crippen LogP contribution in [0.4, 0.5) is 0 Å². The van der Waals surface area contributed by atoms with Crippen molar-refractivity contribution in [2.24, 2.45) is 11.8 Å². The summed E-state index contributed by atoms with van der Waals surface area (Å²) in [6, 6.07) is 0. The van der Waals surface area contributed by atoms with Crippen molar-refractivity contribution in [1.82, 2.24) is 0 Å². The van der Waals surface area contributed by atoms with Crippen LogP contribution >= 0.6 is 11.6 Å². The number of ether oxygens (including phenoxy) is 1. The molecule has 1 aliphatic heterocycles. The van der Waals surface area contributed by atoms with Crippen LogP contribution < -0.4 is 0 Å². The fourth-order valence-electron chi connectivity index (χ4n) is 2.88. The van der Waals surface area contributed by atoms with Gasteiger partial charge in [0.1, 0.15) is 11.9 Å². The molecule has 5 heteroatoms. The third kappa shape index (κ3) is 3.66. The van der Waals surface area contributed by atoms with Crippen LogP contribution in [0.15, 0.2) is 46.2 Å². The van der Waals surface area contributed by atoms with Gasteiger partial charge in [-0.05, 0) is 37.5 Å². The average Bonchev–Trinajstić information content (AvgIpc) is 2.56. The molecule has 0 aromatic rings. The van der Waals surface area contributed by atoms with Gasteiger partial charge in [0, 0.05) is 5.92 Å². The number of carbonyl (C=O) groups excluding carboxylic acids is 1. The Morgan fingerprint density at radius 1 is 1.58 bits per heavy atom. The summed E-state index contributed by atoms with van der Waals surface area (Å²) in [5, 5.41) is 20.4. The number of hydrogen-bond donors (Lipinski definition) is 2. The van der Waals surface area contributed by atoms with Gasteiger partial charge in [0.2, 0.25) is 5.78 Å². The van der Waals surface area contributed by atoms with Crippen LogP contribution in [-0.4, -0.2) is 34.3 Å². The molecule has 0 bridgehead atoms. The largest absolute Gasteiger partial charge is 0.493 e. The summed E-state index contributed by atoms with van der Waals surface area (Å²) in [5.41, 5.74) is -0.236. The summed E-state index contributed by atoms with van der Waals surface area (Å²) in [6.45, 7) is 7.76. The molecule has 0 aromatic heterocycles. The number of fused-ring (bicyclic) bond motifs is 1. The Hall–Kier alpha value is -1.36. The molecule has 0 aromatic carbocycles. The predicted molar refractivity (Wildman–Crippen MR) is 94.4 cm³/mol. The SMILES string of the molecule is CC[C@@H](C)/C=C(C)/C=C/C1=CC2=C(Cl)C(=O)[C@](C)(O)[C@H](O)[C@H]2CO1. The molecule has 0 saturated heterocycles. The quantitative estimate of drug-likeness (QED) is 0.762. The van der Waals surface area contributed by atoms with Crippen LogP contribution in [0, 0.1) is 11.8 Å². The van der Waals surface area contributed by atoms with Gasteiger partial charge < -0.3 is 14.9 Å². The summed E-state index contributed by atoms with van der Waals surface area (Å²) < 4.78 is 5.65. The lowest BCUT2D eigenvalue weighted by Gasteiger charge is -2.40. The number of aliphatic hydroxyl groups excluding tert-OH is 1. The lowest BCUT2D eigenvalue weighted by molar-refractivity contribution is -0.150. The topological polar surface area (TPSA) is 66.8 Å². The molecule has 0 amide bonds. The molecule has 0 saturated carbocycles. The molecular weight excluding hydrogens is 328 g/mol. The van der Waals surface area contributed by atoms with Crippen LogP contribution in [0.5, 0.6) is 0 Å². The van der Waals surface area contributed by atoms with Crippen molar-refractivity contribution in [2.75, 3.05) is 6.61 Å². The van der Waals surface area contributed by atoms with Crippen molar-refractivity contribution >= 4 is 17.4 Å². The van der Waals surface area contributed by atoms with Gasteiger partial charge in [0.25, 0.3) is 0 Å². The first-order chi connectivity index (χ1) is 11.2. The first-order valence-corrected chi connectivity index (χ1v) is 8.62. The van der Waals surface area contributed by atoms with Gasteiger partial charge in [-0.25, -0.2) is 0 Å². The van der Waals surface area contributed by atoms with Crippen LogP contribution in [0.25, 0.3) is 0 Å². The molecule has 1 aliphatic carbocycles. The van der Waals surface area contributed by atoms with Crippen LogP contribution in [0.2, 0.25) is 0 Å². The van der Waals surface area contributed by atoms with E-state index in [-0.39, 0.29) is 11.6 Å². The molecule has 24 heavy (non-hydrogen) atoms. The van der Waals surface area contributed by atoms with E-state index in [1.807, 2.05) is 19.1 Å². The van der Waals surface area contributed by atoms with Crippen LogP contribution in [-0.2, 0) is 9.53 Å². The Morgan fingerprint density at radius 2 is 2.25 bits per heavy atom. The molecule has 0 fully saturated rings. The maximum absolute atomic E-state index is 12.1. The second-order valence-corrected chi connectivity index (χ2v) is 7.16. The molecule has 0 spiro atoms. The summed E-state index contributed by atoms with van der Waals surface area (Å²) in [6.07, 6.45) is 7.46. The molecule has 0 radical (unpaired) electrons. The monoisotopic (exact) mass is 352 g/mol. The summed E-state index contributed by atoms with van der Waals surface area (Å²) in [7, 11) is 0. The van der Waals surface area contributed by atoms with Crippen molar-refractivity contribution in [3.63, 3.8) is 0 Å². The molecule has 0 unspecified atom stereocenters. The third-order valence-electron chi connectivity index (χ3n) is 4.70. The van der Waals surface area contributed by atoms with Crippen LogP contribution in [0.3, 0.4) is 0 Å². The standard InChI is InChI=1S/C19H25ClO4/c1-5-11(2)8-12(3)6-7-13-9-14-15(10-24-13)17(21)19(4,23)18(22)16(14)20/h6-9,11,15,17,21,23H,5,10H2,1-4H3/b7-6+,12-8+/t11-,15+,17-,19-/m1/s1. The average molecular weight is 353 g/mol. The number of halogens is 1. The van der Waals surface area contributed by atoms with E-state index in [2.05, 4.69) is 19.9 Å². The lowest BCUT2D eigenvalue weighted by atomic mass is 9.75. The van der Waals surface area contributed by atoms with Crippen molar-refractivity contribution in [2.45, 2.75) is 45.8 Å². The van der Waals surface area contributed by atoms with Gasteiger partial charge in [0.15, 0.2) is 5.60 Å². The van der Waals surface area contributed by atoms with E-state index in [9.17, 15) is 15.0 Å². The number of carbonyl (C=O) groups is 1. The first kappa shape index (κ1) is 19.0. The molecular formula is C19H25ClO4. The van der Waals surface area contributed by atoms with E-state index in [1.54, 1.807) is 6.08 Å². The lowest BCUT2D eigenvalue weighted by Crippen LogP contribution is -2.55. The molecule has 4 atom stereocenters. The second kappa shape index (κ2) is 7.26. The van der Waals surface area contributed by atoms with E-state index in [0.29, 0.717) is 17.3 Å². The van der Waals surface area contributed by atoms with Crippen molar-refractivity contribution in [3.8, 4) is 0 Å². The van der Waals surface area contributed by atoms with Gasteiger partial charge in [-0.1, -0.05) is 49.6 Å². The number of aliphatic hydroxyl groups is 2. The van der Waals surface area contributed by atoms with Gasteiger partial charge in [-0.3, -0.25) is 4.79 Å². The van der Waals surface area contributed by atoms with Crippen molar-refractivity contribution < 1.29 is 19.7 Å². The Bertz CT molecular complexity index is 640. The minimum absolute atomic E-state index is 0.0311. The smallest absolute Gasteiger partial charge is 0.208 e. The highest BCUT2D eigenvalue weighted by Gasteiger charge is 2.50. The summed E-state index contributed by atoms with van der Waals surface area (Å²) >= 11 is 6.13. The minimum Gasteiger partial charge on any atom is -0.493 e. The van der Waals surface area contributed by atoms with Gasteiger partial charge in [-0.15, -0.1) is 0 Å². The van der Waals surface area contributed by atoms with E-state index in [0.717, 1.165) is 12.0 Å². The molecule has 2 N–H and O–H groups in total. The minimum atomic E-state index is -1.88. The highest BCUT2D eigenvalue weighted by Crippen LogP contribution is 2.40. The molecule has 132 valence electrons. The van der Waals surface area contributed by atoms with Crippen LogP contribution in [0.1, 0.15) is 34.1 Å². The Balaban J connectivity index is 2.28. The zero-order valence-electron chi connectivity index (χ0n) is 14.5. The maximum Gasteiger partial charge on any atom is 0.208 e. The maximum atomic E-state index is 12.1. The predicted octanol–water partition coefficient (Wildman–Crippen LogP) is 3.25. The van der Waals surface area contributed by atoms with Gasteiger partial charge >= 0.3 is 0 Å². The molecule has 2 aliphatic rings. The number of hydrogen-bond acceptors (Lipinski definition) is 4. The fourth-order valence-corrected chi connectivity index (χ4v) is 3.26. The van der Waals surface area contributed by atoms with E-state index in [1.165, 1.54) is 6.92 Å². The Kier molecular flexibility index (Phi) is 5.74. The summed E-state index contributed by atoms with van der Waals surface area (Å²) in [5.74, 6) is -0.0834. The van der Waals surface area contributed by atoms with E-state index in [4.69, 9.17) is 16.3 Å². The molecule has 4 nitrogen and oxygen atoms in total. The second-order valence-electron chi connectivity index (χ2n) is 6.78. The Morgan fingerprint density at radius 3 is 2.88 bits per heavy atom. The molecule has 2 rings (SSSR count). The van der Waals surface area contributed by atoms with Gasteiger partial charge in [0.05, 0.1) is 11.6 Å². The zero-order chi connectivity index (χ0) is 18.1. The fraction of sp³-hybridized carbons (Fsp3) is 0.526. The van der Waals surface area contributed by atoms with E-state index >= 15 is 0 Å². The number of allylic oxidation sites excluding steroid dienone is 5. The normalized spacial score (nSPS) is 32.5. The van der Waals surface area contributed by atoms with Crippen molar-refractivity contribution in [3.05, 3.63) is 46.2 Å². The first-order valence-electron chi connectivity index (χ1n) is 8.24. The molecule has 1 heterocycles. The number of ketones is 1. The van der Waals surface area contributed by atoms with Gasteiger partial charge in [-0.2, -0.15) is 0 Å². The zero-order valence-corrected chi connectivity index (χ0v) is 15.3. The van der Waals surface area contributed by atoms with Crippen molar-refractivity contribution in [1.29, 1.82) is 0 Å². The summed E-state index contributed by atoms with van der Waals surface area (Å²) in [4.78, 5) is 12.1. The third-order valence-corrected chi connectivity index (χ3v) is 5.09. The number of Topliss-reactive ketones (excluding diaryl/α,β-unsaturated/α-hetero) is 1. The van der Waals surface area contributed by atoms with E-state index < -0.39 is 23.4 Å². The Labute approximate surface area is 148 Å². The highest BCUT2D eigenvalue weighted by molar-refractivity contribution is 6.44.